The minimum atomic E-state index is -2.81. The maximum Gasteiger partial charge on any atom is 0.495 e. The molecule has 0 N–H and O–H groups in total. The lowest BCUT2D eigenvalue weighted by Gasteiger charge is -2.38. The minimum Gasteiger partial charge on any atom is -0.399 e. The van der Waals surface area contributed by atoms with Gasteiger partial charge in [-0.15, -0.1) is 0 Å². The molecule has 2 saturated heterocycles. The van der Waals surface area contributed by atoms with Crippen LogP contribution < -0.4 is 5.46 Å². The summed E-state index contributed by atoms with van der Waals surface area (Å²) in [7, 11) is -0.818. The quantitative estimate of drug-likeness (QED) is 0.780. The molecule has 2 aliphatic rings. The van der Waals surface area contributed by atoms with Crippen LogP contribution in [0.5, 0.6) is 0 Å². The summed E-state index contributed by atoms with van der Waals surface area (Å²) in [5.41, 5.74) is -0.283. The summed E-state index contributed by atoms with van der Waals surface area (Å²) < 4.78 is 51.5. The van der Waals surface area contributed by atoms with Crippen molar-refractivity contribution in [1.82, 2.24) is 4.90 Å². The van der Waals surface area contributed by atoms with Gasteiger partial charge in [0.15, 0.2) is 0 Å². The van der Waals surface area contributed by atoms with Crippen LogP contribution in [-0.2, 0) is 20.5 Å². The van der Waals surface area contributed by atoms with Crippen LogP contribution in [0.25, 0.3) is 0 Å². The van der Waals surface area contributed by atoms with Gasteiger partial charge in [-0.25, -0.2) is 13.2 Å². The molecule has 0 saturated carbocycles. The molecule has 0 aromatic heterocycles. The molecule has 0 aliphatic carbocycles. The minimum absolute atomic E-state index is 0.101. The van der Waals surface area contributed by atoms with Gasteiger partial charge in [0.05, 0.1) is 30.7 Å². The fourth-order valence-electron chi connectivity index (χ4n) is 2.88. The standard InChI is InChI=1S/C17H21BF3NO3/c1-15(2)16(3,4)25-18(24-15)13-8-12(19)6-5-11(13)7-14(23)22-9-17(20,21)10-22/h5-6,8H,7,9-10H2,1-4H3. The third-order valence-electron chi connectivity index (χ3n) is 5.15. The van der Waals surface area contributed by atoms with Crippen LogP contribution >= 0.6 is 0 Å². The molecule has 0 bridgehead atoms. The van der Waals surface area contributed by atoms with Gasteiger partial charge in [-0.3, -0.25) is 4.79 Å². The summed E-state index contributed by atoms with van der Waals surface area (Å²) in [5, 5.41) is 0. The Balaban J connectivity index is 1.81. The van der Waals surface area contributed by atoms with Gasteiger partial charge in [0, 0.05) is 0 Å². The van der Waals surface area contributed by atoms with Gasteiger partial charge >= 0.3 is 7.12 Å². The number of carbonyl (C=O) groups is 1. The number of rotatable bonds is 3. The molecule has 3 rings (SSSR count). The molecule has 4 nitrogen and oxygen atoms in total. The van der Waals surface area contributed by atoms with Crippen LogP contribution in [0.4, 0.5) is 13.2 Å². The highest BCUT2D eigenvalue weighted by Crippen LogP contribution is 2.37. The summed E-state index contributed by atoms with van der Waals surface area (Å²) >= 11 is 0. The van der Waals surface area contributed by atoms with Gasteiger partial charge in [-0.05, 0) is 50.9 Å². The first-order chi connectivity index (χ1) is 11.4. The highest BCUT2D eigenvalue weighted by molar-refractivity contribution is 6.62. The van der Waals surface area contributed by atoms with E-state index in [1.165, 1.54) is 18.2 Å². The highest BCUT2D eigenvalue weighted by atomic mass is 19.3. The average molecular weight is 355 g/mol. The maximum atomic E-state index is 13.8. The van der Waals surface area contributed by atoms with Gasteiger partial charge in [-0.2, -0.15) is 0 Å². The highest BCUT2D eigenvalue weighted by Gasteiger charge is 2.52. The number of hydrogen-bond donors (Lipinski definition) is 0. The average Bonchev–Trinajstić information content (AvgIpc) is 2.66. The normalized spacial score (nSPS) is 23.5. The molecule has 1 aromatic carbocycles. The summed E-state index contributed by atoms with van der Waals surface area (Å²) in [4.78, 5) is 13.3. The van der Waals surface area contributed by atoms with Crippen LogP contribution in [0.1, 0.15) is 33.3 Å². The second-order valence-corrected chi connectivity index (χ2v) is 7.71. The van der Waals surface area contributed by atoms with E-state index in [1.54, 1.807) is 0 Å². The molecular formula is C17H21BF3NO3. The smallest absolute Gasteiger partial charge is 0.399 e. The number of alkyl halides is 2. The SMILES string of the molecule is CC1(C)OB(c2cc(F)ccc2CC(=O)N2CC(F)(F)C2)OC1(C)C. The number of amides is 1. The Bertz CT molecular complexity index is 684. The monoisotopic (exact) mass is 355 g/mol. The van der Waals surface area contributed by atoms with Crippen LogP contribution in [0.15, 0.2) is 18.2 Å². The number of likely N-dealkylation sites (tertiary alicyclic amines) is 1. The van der Waals surface area contributed by atoms with Gasteiger partial charge in [0.2, 0.25) is 5.91 Å². The van der Waals surface area contributed by atoms with E-state index in [4.69, 9.17) is 9.31 Å². The van der Waals surface area contributed by atoms with Gasteiger partial charge in [0.25, 0.3) is 5.92 Å². The predicted octanol–water partition coefficient (Wildman–Crippen LogP) is 2.14. The van der Waals surface area contributed by atoms with Crippen molar-refractivity contribution in [2.75, 3.05) is 13.1 Å². The molecule has 0 radical (unpaired) electrons. The van der Waals surface area contributed by atoms with Crippen LogP contribution in [0.2, 0.25) is 0 Å². The van der Waals surface area contributed by atoms with Crippen molar-refractivity contribution < 1.29 is 27.3 Å². The molecule has 136 valence electrons. The molecule has 1 amide bonds. The zero-order valence-electron chi connectivity index (χ0n) is 14.7. The molecule has 2 aliphatic heterocycles. The lowest BCUT2D eigenvalue weighted by molar-refractivity contribution is -0.165. The zero-order chi connectivity index (χ0) is 18.6. The number of nitrogens with zero attached hydrogens (tertiary/aromatic N) is 1. The van der Waals surface area contributed by atoms with Crippen molar-refractivity contribution >= 4 is 18.5 Å². The fraction of sp³-hybridized carbons (Fsp3) is 0.588. The van der Waals surface area contributed by atoms with E-state index in [-0.39, 0.29) is 6.42 Å². The molecular weight excluding hydrogens is 334 g/mol. The largest absolute Gasteiger partial charge is 0.495 e. The zero-order valence-corrected chi connectivity index (χ0v) is 14.7. The molecule has 25 heavy (non-hydrogen) atoms. The van der Waals surface area contributed by atoms with Crippen molar-refractivity contribution in [3.8, 4) is 0 Å². The van der Waals surface area contributed by atoms with Gasteiger partial charge in [-0.1, -0.05) is 6.07 Å². The Labute approximate surface area is 145 Å². The van der Waals surface area contributed by atoms with E-state index in [0.717, 1.165) is 4.90 Å². The fourth-order valence-corrected chi connectivity index (χ4v) is 2.88. The number of hydrogen-bond acceptors (Lipinski definition) is 3. The Morgan fingerprint density at radius 2 is 1.72 bits per heavy atom. The predicted molar refractivity (Wildman–Crippen MR) is 87.3 cm³/mol. The Kier molecular flexibility index (Phi) is 4.19. The molecule has 0 atom stereocenters. The second kappa shape index (κ2) is 5.74. The molecule has 1 aromatic rings. The van der Waals surface area contributed by atoms with E-state index < -0.39 is 49.1 Å². The Morgan fingerprint density at radius 3 is 2.24 bits per heavy atom. The first kappa shape index (κ1) is 18.3. The first-order valence-corrected chi connectivity index (χ1v) is 8.20. The molecule has 2 fully saturated rings. The van der Waals surface area contributed by atoms with Crippen LogP contribution in [0.3, 0.4) is 0 Å². The third kappa shape index (κ3) is 3.42. The Morgan fingerprint density at radius 1 is 1.16 bits per heavy atom. The van der Waals surface area contributed by atoms with Gasteiger partial charge in [0.1, 0.15) is 5.82 Å². The summed E-state index contributed by atoms with van der Waals surface area (Å²) in [6, 6.07) is 3.99. The van der Waals surface area contributed by atoms with E-state index >= 15 is 0 Å². The molecule has 0 unspecified atom stereocenters. The van der Waals surface area contributed by atoms with E-state index in [1.807, 2.05) is 27.7 Å². The van der Waals surface area contributed by atoms with Crippen molar-refractivity contribution in [3.63, 3.8) is 0 Å². The first-order valence-electron chi connectivity index (χ1n) is 8.20. The van der Waals surface area contributed by atoms with Crippen molar-refractivity contribution in [2.24, 2.45) is 0 Å². The topological polar surface area (TPSA) is 38.8 Å². The number of carbonyl (C=O) groups excluding carboxylic acids is 1. The summed E-state index contributed by atoms with van der Waals surface area (Å²) in [5.74, 6) is -3.71. The molecule has 0 spiro atoms. The summed E-state index contributed by atoms with van der Waals surface area (Å²) in [6.45, 7) is 6.36. The van der Waals surface area contributed by atoms with Gasteiger partial charge < -0.3 is 14.2 Å². The number of benzene rings is 1. The number of halogens is 3. The van der Waals surface area contributed by atoms with Crippen molar-refractivity contribution in [3.05, 3.63) is 29.6 Å². The van der Waals surface area contributed by atoms with Crippen molar-refractivity contribution in [1.29, 1.82) is 0 Å². The lowest BCUT2D eigenvalue weighted by Crippen LogP contribution is -2.59. The second-order valence-electron chi connectivity index (χ2n) is 7.71. The summed E-state index contributed by atoms with van der Waals surface area (Å²) in [6.07, 6.45) is -0.101. The third-order valence-corrected chi connectivity index (χ3v) is 5.15. The van der Waals surface area contributed by atoms with E-state index in [9.17, 15) is 18.0 Å². The Hall–Kier alpha value is -1.54. The van der Waals surface area contributed by atoms with E-state index in [0.29, 0.717) is 11.0 Å². The molecule has 8 heteroatoms. The van der Waals surface area contributed by atoms with Crippen molar-refractivity contribution in [2.45, 2.75) is 51.2 Å². The van der Waals surface area contributed by atoms with Crippen LogP contribution in [0, 0.1) is 5.82 Å². The maximum absolute atomic E-state index is 13.8. The van der Waals surface area contributed by atoms with E-state index in [2.05, 4.69) is 0 Å². The van der Waals surface area contributed by atoms with Crippen LogP contribution in [-0.4, -0.2) is 48.1 Å². The lowest BCUT2D eigenvalue weighted by atomic mass is 9.75. The molecule has 2 heterocycles.